The van der Waals surface area contributed by atoms with Crippen molar-refractivity contribution in [1.82, 2.24) is 9.97 Å². The molecule has 0 bridgehead atoms. The van der Waals surface area contributed by atoms with Crippen LogP contribution in [0.2, 0.25) is 5.15 Å². The maximum absolute atomic E-state index is 11.1. The quantitative estimate of drug-likeness (QED) is 0.736. The second kappa shape index (κ2) is 4.27. The molecule has 0 atom stereocenters. The van der Waals surface area contributed by atoms with Gasteiger partial charge in [0.15, 0.2) is 9.84 Å². The van der Waals surface area contributed by atoms with Crippen molar-refractivity contribution in [3.05, 3.63) is 22.2 Å². The third-order valence-corrected chi connectivity index (χ3v) is 3.30. The van der Waals surface area contributed by atoms with Crippen LogP contribution in [0.4, 0.5) is 0 Å². The topological polar surface area (TPSA) is 69.2 Å². The summed E-state index contributed by atoms with van der Waals surface area (Å²) in [5.74, 6) is 0.0778. The maximum atomic E-state index is 11.1. The van der Waals surface area contributed by atoms with E-state index in [9.17, 15) is 8.42 Å². The molecule has 1 aromatic heterocycles. The maximum Gasteiger partial charge on any atom is 0.154 e. The summed E-state index contributed by atoms with van der Waals surface area (Å²) in [6, 6.07) is 0. The molecular weight excluding hydrogens is 252 g/mol. The molecule has 0 saturated heterocycles. The molecule has 88 valence electrons. The van der Waals surface area contributed by atoms with E-state index in [4.69, 9.17) is 16.3 Å². The van der Waals surface area contributed by atoms with Crippen molar-refractivity contribution < 1.29 is 13.2 Å². The fraction of sp³-hybridized carbons (Fsp3) is 0.556. The Kier molecular flexibility index (Phi) is 3.14. The molecule has 0 radical (unpaired) electrons. The lowest BCUT2D eigenvalue weighted by Crippen LogP contribution is -2.16. The zero-order chi connectivity index (χ0) is 11.8. The van der Waals surface area contributed by atoms with Gasteiger partial charge in [-0.25, -0.2) is 18.4 Å². The van der Waals surface area contributed by atoms with Crippen LogP contribution < -0.4 is 0 Å². The second-order valence-corrected chi connectivity index (χ2v) is 6.23. The molecule has 0 amide bonds. The lowest BCUT2D eigenvalue weighted by atomic mass is 10.1. The summed E-state index contributed by atoms with van der Waals surface area (Å²) in [6.45, 7) is 0.978. The van der Waals surface area contributed by atoms with Crippen LogP contribution in [0.25, 0.3) is 0 Å². The Bertz CT molecular complexity index is 516. The molecule has 0 fully saturated rings. The van der Waals surface area contributed by atoms with E-state index in [0.717, 1.165) is 17.5 Å². The number of nitrogens with zero attached hydrogens (tertiary/aromatic N) is 2. The largest absolute Gasteiger partial charge is 0.376 e. The Morgan fingerprint density at radius 1 is 1.44 bits per heavy atom. The van der Waals surface area contributed by atoms with E-state index >= 15 is 0 Å². The van der Waals surface area contributed by atoms with Crippen molar-refractivity contribution >= 4 is 21.4 Å². The monoisotopic (exact) mass is 262 g/mol. The molecule has 2 rings (SSSR count). The fourth-order valence-corrected chi connectivity index (χ4v) is 2.40. The van der Waals surface area contributed by atoms with Crippen LogP contribution >= 0.6 is 11.6 Å². The third-order valence-electron chi connectivity index (χ3n) is 2.21. The predicted molar refractivity (Wildman–Crippen MR) is 58.9 cm³/mol. The Morgan fingerprint density at radius 2 is 2.19 bits per heavy atom. The summed E-state index contributed by atoms with van der Waals surface area (Å²) in [4.78, 5) is 8.17. The van der Waals surface area contributed by atoms with Gasteiger partial charge >= 0.3 is 0 Å². The number of halogens is 1. The number of hydrogen-bond acceptors (Lipinski definition) is 5. The van der Waals surface area contributed by atoms with Crippen LogP contribution in [0.3, 0.4) is 0 Å². The van der Waals surface area contributed by atoms with Crippen LogP contribution in [-0.4, -0.2) is 31.2 Å². The third kappa shape index (κ3) is 2.69. The van der Waals surface area contributed by atoms with Gasteiger partial charge in [0, 0.05) is 18.2 Å². The predicted octanol–water partition coefficient (Wildman–Crippen LogP) is 0.747. The van der Waals surface area contributed by atoms with E-state index in [1.165, 1.54) is 0 Å². The highest BCUT2D eigenvalue weighted by molar-refractivity contribution is 7.89. The smallest absolute Gasteiger partial charge is 0.154 e. The van der Waals surface area contributed by atoms with E-state index in [-0.39, 0.29) is 11.6 Å². The standard InChI is InChI=1S/C9H11ClN2O3S/c1-16(13,14)5-8-11-7-2-3-15-4-6(7)9(10)12-8/h2-5H2,1H3. The molecule has 0 aliphatic carbocycles. The van der Waals surface area contributed by atoms with Crippen LogP contribution in [-0.2, 0) is 33.4 Å². The lowest BCUT2D eigenvalue weighted by molar-refractivity contribution is 0.109. The normalized spacial score (nSPS) is 15.9. The summed E-state index contributed by atoms with van der Waals surface area (Å²) in [7, 11) is -3.14. The average molecular weight is 263 g/mol. The number of aromatic nitrogens is 2. The summed E-state index contributed by atoms with van der Waals surface area (Å²) >= 11 is 5.95. The Balaban J connectivity index is 2.39. The molecule has 7 heteroatoms. The molecule has 0 aromatic carbocycles. The van der Waals surface area contributed by atoms with Gasteiger partial charge in [-0.1, -0.05) is 11.6 Å². The number of rotatable bonds is 2. The van der Waals surface area contributed by atoms with E-state index in [1.807, 2.05) is 0 Å². The molecule has 0 N–H and O–H groups in total. The highest BCUT2D eigenvalue weighted by Gasteiger charge is 2.18. The van der Waals surface area contributed by atoms with Gasteiger partial charge in [0.2, 0.25) is 0 Å². The first-order valence-corrected chi connectivity index (χ1v) is 7.19. The lowest BCUT2D eigenvalue weighted by Gasteiger charge is -2.16. The molecule has 0 spiro atoms. The molecule has 1 aliphatic rings. The molecule has 1 aliphatic heterocycles. The van der Waals surface area contributed by atoms with E-state index in [0.29, 0.717) is 24.8 Å². The van der Waals surface area contributed by atoms with E-state index in [1.54, 1.807) is 0 Å². The Labute approximate surface area is 98.7 Å². The van der Waals surface area contributed by atoms with Crippen molar-refractivity contribution in [1.29, 1.82) is 0 Å². The van der Waals surface area contributed by atoms with E-state index < -0.39 is 9.84 Å². The zero-order valence-electron chi connectivity index (χ0n) is 8.73. The Morgan fingerprint density at radius 3 is 2.88 bits per heavy atom. The molecule has 0 unspecified atom stereocenters. The summed E-state index contributed by atoms with van der Waals surface area (Å²) in [5.41, 5.74) is 1.56. The van der Waals surface area contributed by atoms with Gasteiger partial charge in [0.05, 0.1) is 18.9 Å². The highest BCUT2D eigenvalue weighted by atomic mass is 35.5. The van der Waals surface area contributed by atoms with Crippen LogP contribution in [0.5, 0.6) is 0 Å². The Hall–Kier alpha value is -0.720. The minimum absolute atomic E-state index is 0.180. The first kappa shape index (κ1) is 11.8. The van der Waals surface area contributed by atoms with Crippen molar-refractivity contribution in [2.75, 3.05) is 12.9 Å². The minimum atomic E-state index is -3.14. The first-order chi connectivity index (χ1) is 7.46. The summed E-state index contributed by atoms with van der Waals surface area (Å²) < 4.78 is 27.5. The van der Waals surface area contributed by atoms with Gasteiger partial charge in [-0.05, 0) is 0 Å². The van der Waals surface area contributed by atoms with Crippen molar-refractivity contribution in [3.63, 3.8) is 0 Å². The first-order valence-electron chi connectivity index (χ1n) is 4.75. The van der Waals surface area contributed by atoms with Crippen LogP contribution in [0, 0.1) is 0 Å². The zero-order valence-corrected chi connectivity index (χ0v) is 10.3. The van der Waals surface area contributed by atoms with Crippen LogP contribution in [0.15, 0.2) is 0 Å². The second-order valence-electron chi connectivity index (χ2n) is 3.73. The molecule has 16 heavy (non-hydrogen) atoms. The highest BCUT2D eigenvalue weighted by Crippen LogP contribution is 2.22. The number of hydrogen-bond donors (Lipinski definition) is 0. The van der Waals surface area contributed by atoms with Crippen molar-refractivity contribution in [3.8, 4) is 0 Å². The average Bonchev–Trinajstić information content (AvgIpc) is 2.15. The SMILES string of the molecule is CS(=O)(=O)Cc1nc(Cl)c2c(n1)CCOC2. The molecule has 1 aromatic rings. The van der Waals surface area contributed by atoms with Gasteiger partial charge in [-0.2, -0.15) is 0 Å². The van der Waals surface area contributed by atoms with Gasteiger partial charge in [0.1, 0.15) is 16.7 Å². The minimum Gasteiger partial charge on any atom is -0.376 e. The number of fused-ring (bicyclic) bond motifs is 1. The van der Waals surface area contributed by atoms with Gasteiger partial charge in [0.25, 0.3) is 0 Å². The van der Waals surface area contributed by atoms with Gasteiger partial charge in [-0.15, -0.1) is 0 Å². The summed E-state index contributed by atoms with van der Waals surface area (Å²) in [6.07, 6.45) is 1.79. The van der Waals surface area contributed by atoms with E-state index in [2.05, 4.69) is 9.97 Å². The number of sulfone groups is 1. The van der Waals surface area contributed by atoms with Crippen LogP contribution in [0.1, 0.15) is 17.1 Å². The molecular formula is C9H11ClN2O3S. The number of ether oxygens (including phenoxy) is 1. The molecule has 2 heterocycles. The van der Waals surface area contributed by atoms with Gasteiger partial charge in [-0.3, -0.25) is 0 Å². The molecule has 5 nitrogen and oxygen atoms in total. The summed E-state index contributed by atoms with van der Waals surface area (Å²) in [5, 5.41) is 0.295. The molecule has 0 saturated carbocycles. The van der Waals surface area contributed by atoms with Crippen molar-refractivity contribution in [2.24, 2.45) is 0 Å². The fourth-order valence-electron chi connectivity index (χ4n) is 1.54. The van der Waals surface area contributed by atoms with Crippen molar-refractivity contribution in [2.45, 2.75) is 18.8 Å². The van der Waals surface area contributed by atoms with Gasteiger partial charge < -0.3 is 4.74 Å².